The first-order valence-electron chi connectivity index (χ1n) is 13.1. The van der Waals surface area contributed by atoms with Crippen LogP contribution < -0.4 is 5.32 Å². The lowest BCUT2D eigenvalue weighted by Gasteiger charge is -2.46. The van der Waals surface area contributed by atoms with E-state index >= 15 is 0 Å². The van der Waals surface area contributed by atoms with Gasteiger partial charge in [-0.2, -0.15) is 0 Å². The summed E-state index contributed by atoms with van der Waals surface area (Å²) in [7, 11) is 1.27. The first-order chi connectivity index (χ1) is 20.1. The lowest BCUT2D eigenvalue weighted by molar-refractivity contribution is -0.150. The Kier molecular flexibility index (Phi) is 9.10. The average molecular weight is 606 g/mol. The van der Waals surface area contributed by atoms with Crippen molar-refractivity contribution in [1.29, 1.82) is 0 Å². The van der Waals surface area contributed by atoms with Gasteiger partial charge in [-0.3, -0.25) is 10.1 Å². The van der Waals surface area contributed by atoms with Crippen LogP contribution in [0.25, 0.3) is 22.5 Å². The molecule has 2 N–H and O–H groups in total. The lowest BCUT2D eigenvalue weighted by Crippen LogP contribution is -2.65. The van der Waals surface area contributed by atoms with Gasteiger partial charge in [0.1, 0.15) is 22.9 Å². The molecule has 1 saturated heterocycles. The quantitative estimate of drug-likeness (QED) is 0.224. The number of aliphatic carboxylic acids is 1. The Labute approximate surface area is 254 Å². The number of amides is 2. The van der Waals surface area contributed by atoms with Crippen LogP contribution in [0.2, 0.25) is 5.02 Å². The van der Waals surface area contributed by atoms with Gasteiger partial charge in [-0.15, -0.1) is 0 Å². The average Bonchev–Trinajstić information content (AvgIpc) is 3.32. The molecule has 2 heterocycles. The predicted octanol–water partition coefficient (Wildman–Crippen LogP) is 7.32. The standard InChI is InChI=1S/C31H28ClN3O7.CH4/c1-18-26(33-29(38)41-19(2)24-6-4-5-7-25(24)32)27(42-34-18)22-10-8-20(9-11-22)21-12-14-23(15-13-21)31(28(36)37)16-35(17-31)30(39)40-3;/h4-15,19H,16-17H2,1-3H3,(H,33,38)(H,36,37);1H4/t19-;/m1./s1. The van der Waals surface area contributed by atoms with Crippen LogP contribution in [0.4, 0.5) is 15.3 Å². The third kappa shape index (κ3) is 6.05. The van der Waals surface area contributed by atoms with Gasteiger partial charge in [-0.05, 0) is 36.6 Å². The molecular weight excluding hydrogens is 574 g/mol. The molecule has 1 aromatic heterocycles. The summed E-state index contributed by atoms with van der Waals surface area (Å²) in [4.78, 5) is 37.9. The van der Waals surface area contributed by atoms with Crippen LogP contribution >= 0.6 is 11.6 Å². The molecule has 11 heteroatoms. The molecule has 1 fully saturated rings. The summed E-state index contributed by atoms with van der Waals surface area (Å²) in [6.07, 6.45) is -1.80. The Balaban J connectivity index is 0.00000423. The summed E-state index contributed by atoms with van der Waals surface area (Å²) >= 11 is 6.23. The fourth-order valence-electron chi connectivity index (χ4n) is 4.97. The lowest BCUT2D eigenvalue weighted by atomic mass is 9.73. The summed E-state index contributed by atoms with van der Waals surface area (Å²) in [6.45, 7) is 3.54. The van der Waals surface area contributed by atoms with Crippen molar-refractivity contribution in [2.75, 3.05) is 25.5 Å². The molecule has 1 atom stereocenters. The third-order valence-electron chi connectivity index (χ3n) is 7.40. The van der Waals surface area contributed by atoms with Crippen molar-refractivity contribution >= 4 is 35.4 Å². The van der Waals surface area contributed by atoms with Crippen LogP contribution in [-0.4, -0.2) is 53.5 Å². The highest BCUT2D eigenvalue weighted by Gasteiger charge is 2.53. The number of anilines is 1. The molecule has 43 heavy (non-hydrogen) atoms. The van der Waals surface area contributed by atoms with Crippen molar-refractivity contribution in [2.45, 2.75) is 32.8 Å². The third-order valence-corrected chi connectivity index (χ3v) is 7.74. The van der Waals surface area contributed by atoms with E-state index in [-0.39, 0.29) is 20.5 Å². The SMILES string of the molecule is C.COC(=O)N1CC(C(=O)O)(c2ccc(-c3ccc(-c4onc(C)c4NC(=O)O[C@H](C)c4ccccc4Cl)cc3)cc2)C1. The molecule has 10 nitrogen and oxygen atoms in total. The number of carbonyl (C=O) groups excluding carboxylic acids is 2. The second-order valence-corrected chi connectivity index (χ2v) is 10.4. The van der Waals surface area contributed by atoms with Crippen LogP contribution in [0.1, 0.15) is 37.3 Å². The van der Waals surface area contributed by atoms with Gasteiger partial charge in [0.05, 0.1) is 7.11 Å². The molecule has 0 unspecified atom stereocenters. The van der Waals surface area contributed by atoms with Crippen LogP contribution in [0.15, 0.2) is 77.3 Å². The summed E-state index contributed by atoms with van der Waals surface area (Å²) < 4.78 is 15.8. The maximum Gasteiger partial charge on any atom is 0.412 e. The van der Waals surface area contributed by atoms with Gasteiger partial charge < -0.3 is 24.0 Å². The Bertz CT molecular complexity index is 1630. The van der Waals surface area contributed by atoms with Gasteiger partial charge in [0.25, 0.3) is 0 Å². The van der Waals surface area contributed by atoms with E-state index in [4.69, 9.17) is 25.6 Å². The Hall–Kier alpha value is -4.83. The van der Waals surface area contributed by atoms with Crippen molar-refractivity contribution < 1.29 is 33.5 Å². The fourth-order valence-corrected chi connectivity index (χ4v) is 5.26. The van der Waals surface area contributed by atoms with Crippen molar-refractivity contribution in [2.24, 2.45) is 0 Å². The van der Waals surface area contributed by atoms with Gasteiger partial charge in [0, 0.05) is 29.2 Å². The number of rotatable bonds is 7. The van der Waals surface area contributed by atoms with Gasteiger partial charge in [-0.25, -0.2) is 9.59 Å². The van der Waals surface area contributed by atoms with E-state index in [2.05, 4.69) is 10.5 Å². The number of carboxylic acids is 1. The van der Waals surface area contributed by atoms with Crippen LogP contribution in [0.5, 0.6) is 0 Å². The molecule has 0 radical (unpaired) electrons. The molecular formula is C32H32ClN3O7. The highest BCUT2D eigenvalue weighted by Crippen LogP contribution is 2.37. The van der Waals surface area contributed by atoms with Crippen molar-refractivity contribution in [1.82, 2.24) is 10.1 Å². The van der Waals surface area contributed by atoms with E-state index in [1.807, 2.05) is 42.5 Å². The zero-order valence-electron chi connectivity index (χ0n) is 23.1. The number of benzene rings is 3. The van der Waals surface area contributed by atoms with Crippen LogP contribution in [0, 0.1) is 6.92 Å². The summed E-state index contributed by atoms with van der Waals surface area (Å²) in [5.41, 5.74) is 3.46. The molecule has 0 spiro atoms. The minimum Gasteiger partial charge on any atom is -0.480 e. The molecule has 5 rings (SSSR count). The van der Waals surface area contributed by atoms with Gasteiger partial charge in [-0.1, -0.05) is 90.9 Å². The number of methoxy groups -OCH3 is 1. The molecule has 0 saturated carbocycles. The molecule has 0 bridgehead atoms. The van der Waals surface area contributed by atoms with Crippen molar-refractivity contribution in [3.63, 3.8) is 0 Å². The molecule has 2 amide bonds. The van der Waals surface area contributed by atoms with Gasteiger partial charge in [0.15, 0.2) is 5.76 Å². The number of halogens is 1. The smallest absolute Gasteiger partial charge is 0.412 e. The number of nitrogens with one attached hydrogen (secondary N) is 1. The minimum atomic E-state index is -1.17. The molecule has 0 aliphatic carbocycles. The highest BCUT2D eigenvalue weighted by molar-refractivity contribution is 6.31. The first kappa shape index (κ1) is 31.1. The number of carbonyl (C=O) groups is 3. The highest BCUT2D eigenvalue weighted by atomic mass is 35.5. The fraction of sp³-hybridized carbons (Fsp3) is 0.250. The summed E-state index contributed by atoms with van der Waals surface area (Å²) in [5.74, 6) is -0.617. The molecule has 1 aliphatic rings. The van der Waals surface area contributed by atoms with Crippen molar-refractivity contribution in [3.05, 3.63) is 94.6 Å². The molecule has 1 aliphatic heterocycles. The van der Waals surface area contributed by atoms with E-state index < -0.39 is 29.7 Å². The number of hydrogen-bond donors (Lipinski definition) is 2. The second-order valence-electron chi connectivity index (χ2n) is 10.0. The zero-order chi connectivity index (χ0) is 30.0. The largest absolute Gasteiger partial charge is 0.480 e. The van der Waals surface area contributed by atoms with Gasteiger partial charge >= 0.3 is 18.2 Å². The number of carboxylic acid groups (broad SMARTS) is 1. The topological polar surface area (TPSA) is 131 Å². The number of nitrogens with zero attached hydrogens (tertiary/aromatic N) is 2. The minimum absolute atomic E-state index is 0. The molecule has 3 aromatic carbocycles. The summed E-state index contributed by atoms with van der Waals surface area (Å²) in [6, 6.07) is 21.8. The Morgan fingerprint density at radius 1 is 1.00 bits per heavy atom. The van der Waals surface area contributed by atoms with E-state index in [1.54, 1.807) is 44.2 Å². The Morgan fingerprint density at radius 2 is 1.58 bits per heavy atom. The van der Waals surface area contributed by atoms with Gasteiger partial charge in [0.2, 0.25) is 0 Å². The maximum absolute atomic E-state index is 12.7. The van der Waals surface area contributed by atoms with E-state index in [1.165, 1.54) is 12.0 Å². The van der Waals surface area contributed by atoms with Crippen LogP contribution in [-0.2, 0) is 19.7 Å². The second kappa shape index (κ2) is 12.6. The van der Waals surface area contributed by atoms with E-state index in [0.717, 1.165) is 11.1 Å². The summed E-state index contributed by atoms with van der Waals surface area (Å²) in [5, 5.41) is 17.1. The van der Waals surface area contributed by atoms with E-state index in [9.17, 15) is 19.5 Å². The zero-order valence-corrected chi connectivity index (χ0v) is 23.8. The number of hydrogen-bond acceptors (Lipinski definition) is 7. The predicted molar refractivity (Wildman–Crippen MR) is 162 cm³/mol. The Morgan fingerprint density at radius 3 is 2.16 bits per heavy atom. The normalized spacial score (nSPS) is 14.1. The van der Waals surface area contributed by atoms with Crippen molar-refractivity contribution in [3.8, 4) is 22.5 Å². The maximum atomic E-state index is 12.7. The number of ether oxygens (including phenoxy) is 2. The number of aryl methyl sites for hydroxylation is 1. The first-order valence-corrected chi connectivity index (χ1v) is 13.5. The number of likely N-dealkylation sites (tertiary alicyclic amines) is 1. The van der Waals surface area contributed by atoms with Crippen LogP contribution in [0.3, 0.4) is 0 Å². The monoisotopic (exact) mass is 605 g/mol. The molecule has 224 valence electrons. The van der Waals surface area contributed by atoms with E-state index in [0.29, 0.717) is 38.9 Å². The molecule has 4 aromatic rings. The number of aromatic nitrogens is 1.